The standard InChI is InChI=1S/C32H31N3O7S/c1-7-40-31(37)28-18(3)33-32-35(29(28)20-8-10-23(38-5)25(13-20)39-6)30(36)27(43-32)14-21-12-17(2)34(19(21)4)22-9-11-24-26(15-22)42-16-41-24/h8-15,29H,7,16H2,1-6H3/b27-14+/t29-/m1/s1. The van der Waals surface area contributed by atoms with Crippen molar-refractivity contribution >= 4 is 23.4 Å². The van der Waals surface area contributed by atoms with E-state index in [0.717, 1.165) is 22.6 Å². The van der Waals surface area contributed by atoms with E-state index >= 15 is 0 Å². The molecule has 0 spiro atoms. The number of methoxy groups -OCH3 is 2. The Morgan fingerprint density at radius 1 is 1.05 bits per heavy atom. The van der Waals surface area contributed by atoms with Gasteiger partial charge in [-0.1, -0.05) is 17.4 Å². The number of rotatable bonds is 7. The van der Waals surface area contributed by atoms with Gasteiger partial charge in [0.1, 0.15) is 0 Å². The molecule has 4 aromatic rings. The average molecular weight is 602 g/mol. The zero-order chi connectivity index (χ0) is 30.4. The van der Waals surface area contributed by atoms with Gasteiger partial charge in [0, 0.05) is 23.1 Å². The third-order valence-electron chi connectivity index (χ3n) is 7.61. The molecule has 2 aliphatic rings. The quantitative estimate of drug-likeness (QED) is 0.296. The lowest BCUT2D eigenvalue weighted by Crippen LogP contribution is -2.40. The van der Waals surface area contributed by atoms with Gasteiger partial charge in [0.2, 0.25) is 6.79 Å². The van der Waals surface area contributed by atoms with E-state index in [0.29, 0.717) is 49.2 Å². The first-order chi connectivity index (χ1) is 20.7. The molecule has 2 aromatic heterocycles. The zero-order valence-corrected chi connectivity index (χ0v) is 25.5. The van der Waals surface area contributed by atoms with Crippen molar-refractivity contribution < 1.29 is 28.5 Å². The molecule has 6 rings (SSSR count). The van der Waals surface area contributed by atoms with E-state index in [4.69, 9.17) is 23.7 Å². The van der Waals surface area contributed by atoms with Crippen LogP contribution in [-0.4, -0.2) is 42.7 Å². The van der Waals surface area contributed by atoms with Crippen molar-refractivity contribution in [2.24, 2.45) is 4.99 Å². The van der Waals surface area contributed by atoms with Crippen molar-refractivity contribution in [2.75, 3.05) is 27.6 Å². The monoisotopic (exact) mass is 601 g/mol. The highest BCUT2D eigenvalue weighted by Gasteiger charge is 2.34. The topological polar surface area (TPSA) is 103 Å². The second kappa shape index (κ2) is 11.1. The molecule has 0 aliphatic carbocycles. The maximum absolute atomic E-state index is 14.1. The lowest BCUT2D eigenvalue weighted by Gasteiger charge is -2.25. The van der Waals surface area contributed by atoms with Crippen LogP contribution in [0.25, 0.3) is 11.8 Å². The van der Waals surface area contributed by atoms with Crippen LogP contribution in [-0.2, 0) is 9.53 Å². The number of hydrogen-bond acceptors (Lipinski definition) is 9. The summed E-state index contributed by atoms with van der Waals surface area (Å²) in [5, 5.41) is 0. The van der Waals surface area contributed by atoms with E-state index in [1.54, 1.807) is 44.8 Å². The minimum Gasteiger partial charge on any atom is -0.493 e. The molecule has 0 amide bonds. The Labute approximate surface area is 251 Å². The molecule has 0 radical (unpaired) electrons. The number of aryl methyl sites for hydroxylation is 1. The molecule has 0 unspecified atom stereocenters. The number of esters is 1. The Morgan fingerprint density at radius 2 is 1.81 bits per heavy atom. The van der Waals surface area contributed by atoms with Crippen LogP contribution in [0.15, 0.2) is 63.5 Å². The first-order valence-corrected chi connectivity index (χ1v) is 14.6. The molecule has 43 heavy (non-hydrogen) atoms. The number of thiazole rings is 1. The molecule has 1 atom stereocenters. The molecule has 0 fully saturated rings. The number of carbonyl (C=O) groups excluding carboxylic acids is 1. The van der Waals surface area contributed by atoms with Crippen LogP contribution in [0.5, 0.6) is 23.0 Å². The Bertz CT molecular complexity index is 1980. The van der Waals surface area contributed by atoms with Crippen LogP contribution in [0.4, 0.5) is 0 Å². The van der Waals surface area contributed by atoms with E-state index in [1.807, 2.05) is 50.3 Å². The number of nitrogens with zero attached hydrogens (tertiary/aromatic N) is 3. The summed E-state index contributed by atoms with van der Waals surface area (Å²) in [4.78, 5) is 32.5. The maximum atomic E-state index is 14.1. The predicted octanol–water partition coefficient (Wildman–Crippen LogP) is 3.95. The molecule has 0 saturated heterocycles. The summed E-state index contributed by atoms with van der Waals surface area (Å²) in [6.45, 7) is 7.93. The molecule has 2 aliphatic heterocycles. The van der Waals surface area contributed by atoms with E-state index < -0.39 is 12.0 Å². The number of benzene rings is 2. The third kappa shape index (κ3) is 4.79. The Morgan fingerprint density at radius 3 is 2.56 bits per heavy atom. The summed E-state index contributed by atoms with van der Waals surface area (Å²) in [6, 6.07) is 12.4. The highest BCUT2D eigenvalue weighted by atomic mass is 32.1. The van der Waals surface area contributed by atoms with Crippen LogP contribution in [0.3, 0.4) is 0 Å². The number of carbonyl (C=O) groups is 1. The summed E-state index contributed by atoms with van der Waals surface area (Å²) in [6.07, 6.45) is 1.88. The van der Waals surface area contributed by atoms with Crippen molar-refractivity contribution in [3.8, 4) is 28.7 Å². The first kappa shape index (κ1) is 28.4. The van der Waals surface area contributed by atoms with Crippen molar-refractivity contribution in [1.29, 1.82) is 0 Å². The molecule has 0 bridgehead atoms. The number of hydrogen-bond donors (Lipinski definition) is 0. The smallest absolute Gasteiger partial charge is 0.338 e. The molecule has 11 heteroatoms. The van der Waals surface area contributed by atoms with E-state index in [-0.39, 0.29) is 19.0 Å². The van der Waals surface area contributed by atoms with Gasteiger partial charge in [-0.05, 0) is 75.2 Å². The highest BCUT2D eigenvalue weighted by molar-refractivity contribution is 7.07. The molecule has 2 aromatic carbocycles. The lowest BCUT2D eigenvalue weighted by molar-refractivity contribution is -0.139. The number of ether oxygens (including phenoxy) is 5. The van der Waals surface area contributed by atoms with Gasteiger partial charge in [-0.3, -0.25) is 9.36 Å². The van der Waals surface area contributed by atoms with Crippen LogP contribution < -0.4 is 33.8 Å². The molecule has 0 saturated carbocycles. The lowest BCUT2D eigenvalue weighted by atomic mass is 9.95. The van der Waals surface area contributed by atoms with E-state index in [1.165, 1.54) is 11.3 Å². The first-order valence-electron chi connectivity index (χ1n) is 13.8. The number of allylic oxidation sites excluding steroid dienone is 1. The Kier molecular flexibility index (Phi) is 7.35. The molecule has 0 N–H and O–H groups in total. The van der Waals surface area contributed by atoms with Gasteiger partial charge >= 0.3 is 5.97 Å². The summed E-state index contributed by atoms with van der Waals surface area (Å²) in [5.41, 5.74) is 4.99. The number of aromatic nitrogens is 2. The number of fused-ring (bicyclic) bond motifs is 2. The minimum atomic E-state index is -0.765. The van der Waals surface area contributed by atoms with Crippen molar-refractivity contribution in [2.45, 2.75) is 33.7 Å². The van der Waals surface area contributed by atoms with Crippen molar-refractivity contribution in [1.82, 2.24) is 9.13 Å². The van der Waals surface area contributed by atoms with Gasteiger partial charge < -0.3 is 28.3 Å². The molecule has 4 heterocycles. The molecule has 222 valence electrons. The van der Waals surface area contributed by atoms with Crippen molar-refractivity contribution in [3.05, 3.63) is 95.9 Å². The van der Waals surface area contributed by atoms with Gasteiger partial charge in [0.15, 0.2) is 27.8 Å². The summed E-state index contributed by atoms with van der Waals surface area (Å²) in [5.74, 6) is 1.91. The third-order valence-corrected chi connectivity index (χ3v) is 8.59. The van der Waals surface area contributed by atoms with Crippen LogP contribution in [0.1, 0.15) is 42.4 Å². The summed E-state index contributed by atoms with van der Waals surface area (Å²) >= 11 is 1.28. The van der Waals surface area contributed by atoms with E-state index in [9.17, 15) is 9.59 Å². The normalized spacial score (nSPS) is 15.8. The van der Waals surface area contributed by atoms with Gasteiger partial charge in [0.25, 0.3) is 5.56 Å². The van der Waals surface area contributed by atoms with Crippen LogP contribution in [0, 0.1) is 13.8 Å². The second-order valence-corrected chi connectivity index (χ2v) is 11.1. The molecular formula is C32H31N3O7S. The van der Waals surface area contributed by atoms with Gasteiger partial charge in [-0.2, -0.15) is 0 Å². The van der Waals surface area contributed by atoms with Crippen molar-refractivity contribution in [3.63, 3.8) is 0 Å². The summed E-state index contributed by atoms with van der Waals surface area (Å²) < 4.78 is 31.6. The molecular weight excluding hydrogens is 570 g/mol. The minimum absolute atomic E-state index is 0.192. The molecule has 10 nitrogen and oxygen atoms in total. The fourth-order valence-electron chi connectivity index (χ4n) is 5.63. The zero-order valence-electron chi connectivity index (χ0n) is 24.7. The Balaban J connectivity index is 1.50. The van der Waals surface area contributed by atoms with Gasteiger partial charge in [-0.25, -0.2) is 9.79 Å². The summed E-state index contributed by atoms with van der Waals surface area (Å²) in [7, 11) is 3.10. The average Bonchev–Trinajstić information content (AvgIpc) is 3.67. The van der Waals surface area contributed by atoms with Crippen LogP contribution in [0.2, 0.25) is 0 Å². The maximum Gasteiger partial charge on any atom is 0.338 e. The Hall–Kier alpha value is -4.77. The van der Waals surface area contributed by atoms with E-state index in [2.05, 4.69) is 9.56 Å². The predicted molar refractivity (Wildman–Crippen MR) is 161 cm³/mol. The fraction of sp³-hybridized carbons (Fsp3) is 0.281. The highest BCUT2D eigenvalue weighted by Crippen LogP contribution is 2.37. The second-order valence-electron chi connectivity index (χ2n) is 10.1. The van der Waals surface area contributed by atoms with Gasteiger partial charge in [-0.15, -0.1) is 0 Å². The fourth-order valence-corrected chi connectivity index (χ4v) is 6.66. The van der Waals surface area contributed by atoms with Crippen LogP contribution >= 0.6 is 11.3 Å². The SMILES string of the molecule is CCOC(=O)C1=C(C)N=c2s/c(=C/c3cc(C)n(-c4ccc5c(c4)OCO5)c3C)c(=O)n2[C@@H]1c1ccc(OC)c(OC)c1. The largest absolute Gasteiger partial charge is 0.493 e. The van der Waals surface area contributed by atoms with Gasteiger partial charge in [0.05, 0.1) is 42.7 Å².